The number of aliphatic hydroxyl groups is 2. The van der Waals surface area contributed by atoms with E-state index in [0.29, 0.717) is 19.8 Å². The highest BCUT2D eigenvalue weighted by molar-refractivity contribution is 5.73. The summed E-state index contributed by atoms with van der Waals surface area (Å²) in [6.07, 6.45) is -0.991. The van der Waals surface area contributed by atoms with Crippen LogP contribution in [0.2, 0.25) is 0 Å². The van der Waals surface area contributed by atoms with E-state index in [-0.39, 0.29) is 25.2 Å². The molecule has 0 aliphatic heterocycles. The second-order valence-electron chi connectivity index (χ2n) is 3.82. The Balaban J connectivity index is -0.000000262. The van der Waals surface area contributed by atoms with Crippen LogP contribution in [0.3, 0.4) is 0 Å². The molecule has 0 bridgehead atoms. The largest absolute Gasteiger partial charge is 0.464 e. The third-order valence-corrected chi connectivity index (χ3v) is 1.62. The minimum atomic E-state index is -0.991. The van der Waals surface area contributed by atoms with E-state index in [1.807, 2.05) is 0 Å². The minimum Gasteiger partial charge on any atom is -0.464 e. The van der Waals surface area contributed by atoms with Crippen LogP contribution < -0.4 is 0 Å². The van der Waals surface area contributed by atoms with Crippen molar-refractivity contribution in [2.24, 2.45) is 0 Å². The number of rotatable bonds is 7. The number of ether oxygens (including phenoxy) is 4. The molecule has 0 rings (SSSR count). The smallest absolute Gasteiger partial charge is 0.334 e. The second kappa shape index (κ2) is 20.3. The van der Waals surface area contributed by atoms with Crippen LogP contribution in [0.15, 0.2) is 0 Å². The third-order valence-electron chi connectivity index (χ3n) is 1.62. The summed E-state index contributed by atoms with van der Waals surface area (Å²) in [5.41, 5.74) is 0. The van der Waals surface area contributed by atoms with Crippen LogP contribution in [-0.4, -0.2) is 74.4 Å². The van der Waals surface area contributed by atoms with Crippen LogP contribution in [-0.2, 0) is 33.3 Å². The van der Waals surface area contributed by atoms with Gasteiger partial charge in [0.05, 0.1) is 19.8 Å². The topological polar surface area (TPSA) is 129 Å². The first-order valence-corrected chi connectivity index (χ1v) is 6.94. The van der Waals surface area contributed by atoms with Crippen LogP contribution in [0, 0.1) is 0 Å². The Morgan fingerprint density at radius 3 is 1.65 bits per heavy atom. The summed E-state index contributed by atoms with van der Waals surface area (Å²) in [5, 5.41) is 16.5. The van der Waals surface area contributed by atoms with Gasteiger partial charge in [-0.1, -0.05) is 0 Å². The van der Waals surface area contributed by atoms with Crippen LogP contribution >= 0.6 is 0 Å². The van der Waals surface area contributed by atoms with Crippen molar-refractivity contribution in [1.29, 1.82) is 0 Å². The van der Waals surface area contributed by atoms with Gasteiger partial charge in [0.15, 0.2) is 0 Å². The molecule has 2 N–H and O–H groups in total. The zero-order valence-corrected chi connectivity index (χ0v) is 14.4. The van der Waals surface area contributed by atoms with Crippen LogP contribution in [0.1, 0.15) is 27.7 Å². The monoisotopic (exact) mass is 340 g/mol. The fourth-order valence-corrected chi connectivity index (χ4v) is 0.721. The highest BCUT2D eigenvalue weighted by atomic mass is 16.6. The summed E-state index contributed by atoms with van der Waals surface area (Å²) in [6, 6.07) is 0. The van der Waals surface area contributed by atoms with Gasteiger partial charge in [0.1, 0.15) is 19.3 Å². The van der Waals surface area contributed by atoms with Gasteiger partial charge in [0.25, 0.3) is 0 Å². The van der Waals surface area contributed by atoms with Crippen LogP contribution in [0.5, 0.6) is 0 Å². The maximum Gasteiger partial charge on any atom is 0.334 e. The molecule has 23 heavy (non-hydrogen) atoms. The first kappa shape index (κ1) is 26.2. The summed E-state index contributed by atoms with van der Waals surface area (Å²) < 4.78 is 17.8. The highest BCUT2D eigenvalue weighted by Gasteiger charge is 2.07. The zero-order valence-electron chi connectivity index (χ0n) is 14.4. The molecule has 0 radical (unpaired) electrons. The lowest BCUT2D eigenvalue weighted by Gasteiger charge is -2.01. The number of carbonyl (C=O) groups is 3. The lowest BCUT2D eigenvalue weighted by molar-refractivity contribution is -0.152. The number of hydrogen-bond donors (Lipinski definition) is 2. The fourth-order valence-electron chi connectivity index (χ4n) is 0.721. The number of esters is 3. The van der Waals surface area contributed by atoms with E-state index < -0.39 is 12.1 Å². The molecule has 9 heteroatoms. The number of aliphatic hydroxyl groups excluding tert-OH is 2. The molecule has 1 unspecified atom stereocenters. The Morgan fingerprint density at radius 1 is 0.957 bits per heavy atom. The number of hydrogen-bond acceptors (Lipinski definition) is 9. The summed E-state index contributed by atoms with van der Waals surface area (Å²) in [6.45, 7) is 6.90. The molecule has 0 aliphatic carbocycles. The van der Waals surface area contributed by atoms with Gasteiger partial charge in [0, 0.05) is 21.0 Å². The van der Waals surface area contributed by atoms with Gasteiger partial charge < -0.3 is 29.2 Å². The van der Waals surface area contributed by atoms with Gasteiger partial charge in [-0.05, 0) is 13.8 Å². The van der Waals surface area contributed by atoms with E-state index in [1.165, 1.54) is 20.8 Å². The van der Waals surface area contributed by atoms with Gasteiger partial charge in [0.2, 0.25) is 0 Å². The first-order chi connectivity index (χ1) is 10.7. The van der Waals surface area contributed by atoms with Gasteiger partial charge in [-0.2, -0.15) is 0 Å². The molecule has 0 aliphatic rings. The Labute approximate surface area is 136 Å². The molecule has 0 saturated carbocycles. The van der Waals surface area contributed by atoms with Gasteiger partial charge >= 0.3 is 17.9 Å². The lowest BCUT2D eigenvalue weighted by Crippen LogP contribution is -2.18. The van der Waals surface area contributed by atoms with Crippen molar-refractivity contribution in [2.45, 2.75) is 33.8 Å². The first-order valence-electron chi connectivity index (χ1n) is 6.94. The van der Waals surface area contributed by atoms with Crippen molar-refractivity contribution in [3.63, 3.8) is 0 Å². The SMILES string of the molecule is CC(=O)OCCO.CCOC(=O)C(C)O.COCCOC(C)=O. The van der Waals surface area contributed by atoms with E-state index in [1.54, 1.807) is 14.0 Å². The van der Waals surface area contributed by atoms with E-state index in [9.17, 15) is 14.4 Å². The Bertz CT molecular complexity index is 303. The number of carbonyl (C=O) groups excluding carboxylic acids is 3. The van der Waals surface area contributed by atoms with Crippen molar-refractivity contribution >= 4 is 17.9 Å². The lowest BCUT2D eigenvalue weighted by atomic mass is 10.4. The summed E-state index contributed by atoms with van der Waals surface area (Å²) in [5.74, 6) is -1.18. The second-order valence-corrected chi connectivity index (χ2v) is 3.82. The highest BCUT2D eigenvalue weighted by Crippen LogP contribution is 1.84. The normalized spacial score (nSPS) is 10.0. The predicted octanol–water partition coefficient (Wildman–Crippen LogP) is -0.332. The molecule has 0 saturated heterocycles. The van der Waals surface area contributed by atoms with E-state index in [0.717, 1.165) is 0 Å². The molecular weight excluding hydrogens is 312 g/mol. The summed E-state index contributed by atoms with van der Waals surface area (Å²) in [7, 11) is 1.56. The Kier molecular flexibility index (Phi) is 23.1. The van der Waals surface area contributed by atoms with E-state index >= 15 is 0 Å². The fraction of sp³-hybridized carbons (Fsp3) is 0.786. The molecular formula is C14H28O9. The van der Waals surface area contributed by atoms with Crippen molar-refractivity contribution in [1.82, 2.24) is 0 Å². The molecule has 1 atom stereocenters. The average Bonchev–Trinajstić information content (AvgIpc) is 2.46. The zero-order chi connectivity index (χ0) is 18.7. The molecule has 9 nitrogen and oxygen atoms in total. The van der Waals surface area contributed by atoms with Gasteiger partial charge in [-0.3, -0.25) is 9.59 Å². The molecule has 138 valence electrons. The van der Waals surface area contributed by atoms with Crippen molar-refractivity contribution in [2.75, 3.05) is 40.1 Å². The third kappa shape index (κ3) is 33.2. The quantitative estimate of drug-likeness (QED) is 0.363. The molecule has 0 spiro atoms. The molecule has 0 aromatic carbocycles. The van der Waals surface area contributed by atoms with Crippen LogP contribution in [0.25, 0.3) is 0 Å². The van der Waals surface area contributed by atoms with E-state index in [4.69, 9.17) is 10.2 Å². The molecule has 0 fully saturated rings. The maximum atomic E-state index is 10.3. The summed E-state index contributed by atoms with van der Waals surface area (Å²) in [4.78, 5) is 30.2. The van der Waals surface area contributed by atoms with Crippen molar-refractivity contribution in [3.05, 3.63) is 0 Å². The predicted molar refractivity (Wildman–Crippen MR) is 80.5 cm³/mol. The minimum absolute atomic E-state index is 0.0976. The molecule has 0 amide bonds. The van der Waals surface area contributed by atoms with Crippen LogP contribution in [0.4, 0.5) is 0 Å². The van der Waals surface area contributed by atoms with E-state index in [2.05, 4.69) is 18.9 Å². The van der Waals surface area contributed by atoms with Crippen molar-refractivity contribution < 1.29 is 43.5 Å². The maximum absolute atomic E-state index is 10.3. The molecule has 0 aromatic rings. The summed E-state index contributed by atoms with van der Waals surface area (Å²) >= 11 is 0. The molecule has 0 heterocycles. The number of methoxy groups -OCH3 is 1. The average molecular weight is 340 g/mol. The Morgan fingerprint density at radius 2 is 1.43 bits per heavy atom. The van der Waals surface area contributed by atoms with Crippen molar-refractivity contribution in [3.8, 4) is 0 Å². The molecule has 0 aromatic heterocycles. The van der Waals surface area contributed by atoms with Gasteiger partial charge in [-0.25, -0.2) is 4.79 Å². The van der Waals surface area contributed by atoms with Gasteiger partial charge in [-0.15, -0.1) is 0 Å². The standard InChI is InChI=1S/2C5H10O3.C4H8O3/c1-5(6)8-4-3-7-2;1-3-8-5(7)4(2)6;1-4(6)7-3-2-5/h3-4H2,1-2H3;4,6H,3H2,1-2H3;5H,2-3H2,1H3. The Hall–Kier alpha value is -1.71.